The Balaban J connectivity index is 2.66. The highest BCUT2D eigenvalue weighted by atomic mass is 15.2. The van der Waals surface area contributed by atoms with Crippen LogP contribution in [0.15, 0.2) is 12.4 Å². The van der Waals surface area contributed by atoms with E-state index < -0.39 is 0 Å². The molecule has 1 aromatic rings. The molecule has 0 bridgehead atoms. The third kappa shape index (κ3) is 2.84. The molecule has 74 valence electrons. The summed E-state index contributed by atoms with van der Waals surface area (Å²) < 4.78 is 1.85. The van der Waals surface area contributed by atoms with Gasteiger partial charge in [-0.15, -0.1) is 0 Å². The summed E-state index contributed by atoms with van der Waals surface area (Å²) in [5.41, 5.74) is 1.28. The van der Waals surface area contributed by atoms with Crippen LogP contribution in [0.5, 0.6) is 0 Å². The van der Waals surface area contributed by atoms with Crippen LogP contribution in [0.2, 0.25) is 0 Å². The van der Waals surface area contributed by atoms with Crippen molar-refractivity contribution >= 4 is 0 Å². The molecule has 1 aromatic heterocycles. The lowest BCUT2D eigenvalue weighted by atomic mass is 10.00. The Hall–Kier alpha value is -0.830. The molecule has 1 rings (SSSR count). The van der Waals surface area contributed by atoms with Crippen molar-refractivity contribution < 1.29 is 0 Å². The molecule has 0 saturated carbocycles. The molecule has 0 radical (unpaired) electrons. The van der Waals surface area contributed by atoms with Crippen LogP contribution in [0.4, 0.5) is 0 Å². The lowest BCUT2D eigenvalue weighted by molar-refractivity contribution is 0.456. The first-order valence-corrected chi connectivity index (χ1v) is 4.79. The van der Waals surface area contributed by atoms with Gasteiger partial charge in [-0.2, -0.15) is 5.10 Å². The maximum absolute atomic E-state index is 4.17. The number of hydrogen-bond acceptors (Lipinski definition) is 2. The second kappa shape index (κ2) is 4.42. The van der Waals surface area contributed by atoms with E-state index in [0.717, 1.165) is 6.42 Å². The fourth-order valence-electron chi connectivity index (χ4n) is 1.51. The topological polar surface area (TPSA) is 29.9 Å². The third-order valence-corrected chi connectivity index (χ3v) is 2.18. The molecule has 3 nitrogen and oxygen atoms in total. The van der Waals surface area contributed by atoms with Crippen molar-refractivity contribution in [3.8, 4) is 0 Å². The van der Waals surface area contributed by atoms with Crippen LogP contribution >= 0.6 is 0 Å². The normalized spacial score (nSPS) is 13.6. The molecule has 3 heteroatoms. The first kappa shape index (κ1) is 10.3. The van der Waals surface area contributed by atoms with E-state index in [9.17, 15) is 0 Å². The third-order valence-electron chi connectivity index (χ3n) is 2.18. The molecule has 1 N–H and O–H groups in total. The highest BCUT2D eigenvalue weighted by molar-refractivity contribution is 5.09. The van der Waals surface area contributed by atoms with Crippen LogP contribution in [0, 0.1) is 5.92 Å². The summed E-state index contributed by atoms with van der Waals surface area (Å²) in [7, 11) is 3.95. The Morgan fingerprint density at radius 1 is 1.54 bits per heavy atom. The monoisotopic (exact) mass is 181 g/mol. The number of nitrogens with zero attached hydrogens (tertiary/aromatic N) is 2. The molecule has 0 spiro atoms. The van der Waals surface area contributed by atoms with Gasteiger partial charge in [-0.05, 0) is 19.4 Å². The van der Waals surface area contributed by atoms with Crippen molar-refractivity contribution in [1.82, 2.24) is 15.1 Å². The van der Waals surface area contributed by atoms with Crippen molar-refractivity contribution in [2.75, 3.05) is 7.05 Å². The van der Waals surface area contributed by atoms with Crippen LogP contribution in [0.3, 0.4) is 0 Å². The maximum atomic E-state index is 4.17. The van der Waals surface area contributed by atoms with Crippen LogP contribution in [-0.4, -0.2) is 16.8 Å². The molecule has 13 heavy (non-hydrogen) atoms. The average molecular weight is 181 g/mol. The molecule has 1 unspecified atom stereocenters. The Morgan fingerprint density at radius 3 is 2.62 bits per heavy atom. The van der Waals surface area contributed by atoms with Gasteiger partial charge in [0.1, 0.15) is 0 Å². The smallest absolute Gasteiger partial charge is 0.0537 e. The first-order chi connectivity index (χ1) is 6.13. The Kier molecular flexibility index (Phi) is 3.48. The van der Waals surface area contributed by atoms with Crippen molar-refractivity contribution in [3.05, 3.63) is 18.0 Å². The van der Waals surface area contributed by atoms with Crippen molar-refractivity contribution in [2.24, 2.45) is 13.0 Å². The van der Waals surface area contributed by atoms with Crippen molar-refractivity contribution in [1.29, 1.82) is 0 Å². The minimum atomic E-state index is 0.439. The van der Waals surface area contributed by atoms with Gasteiger partial charge < -0.3 is 5.32 Å². The number of hydrogen-bond donors (Lipinski definition) is 1. The van der Waals surface area contributed by atoms with Gasteiger partial charge in [-0.1, -0.05) is 13.8 Å². The van der Waals surface area contributed by atoms with Gasteiger partial charge in [-0.3, -0.25) is 4.68 Å². The average Bonchev–Trinajstić information content (AvgIpc) is 2.47. The number of aromatic nitrogens is 2. The van der Waals surface area contributed by atoms with Gasteiger partial charge >= 0.3 is 0 Å². The number of aryl methyl sites for hydroxylation is 1. The zero-order valence-electron chi connectivity index (χ0n) is 8.91. The van der Waals surface area contributed by atoms with E-state index in [1.807, 2.05) is 25.0 Å². The number of nitrogens with one attached hydrogen (secondary N) is 1. The van der Waals surface area contributed by atoms with E-state index in [0.29, 0.717) is 12.0 Å². The van der Waals surface area contributed by atoms with E-state index in [2.05, 4.69) is 30.5 Å². The van der Waals surface area contributed by atoms with Crippen LogP contribution in [0.1, 0.15) is 31.9 Å². The van der Waals surface area contributed by atoms with E-state index in [1.165, 1.54) is 5.56 Å². The molecule has 1 atom stereocenters. The zero-order chi connectivity index (χ0) is 9.84. The molecular formula is C10H19N3. The molecule has 1 heterocycles. The van der Waals surface area contributed by atoms with E-state index in [4.69, 9.17) is 0 Å². The maximum Gasteiger partial charge on any atom is 0.0537 e. The second-order valence-electron chi connectivity index (χ2n) is 3.92. The molecular weight excluding hydrogens is 162 g/mol. The Bertz CT molecular complexity index is 252. The van der Waals surface area contributed by atoms with Gasteiger partial charge in [0, 0.05) is 24.8 Å². The number of rotatable bonds is 4. The van der Waals surface area contributed by atoms with Crippen LogP contribution in [0.25, 0.3) is 0 Å². The summed E-state index contributed by atoms with van der Waals surface area (Å²) in [6, 6.07) is 0.439. The lowest BCUT2D eigenvalue weighted by Gasteiger charge is -2.16. The summed E-state index contributed by atoms with van der Waals surface area (Å²) >= 11 is 0. The highest BCUT2D eigenvalue weighted by Crippen LogP contribution is 2.19. The predicted molar refractivity (Wildman–Crippen MR) is 54.5 cm³/mol. The highest BCUT2D eigenvalue weighted by Gasteiger charge is 2.12. The largest absolute Gasteiger partial charge is 0.313 e. The van der Waals surface area contributed by atoms with Crippen molar-refractivity contribution in [3.63, 3.8) is 0 Å². The van der Waals surface area contributed by atoms with E-state index >= 15 is 0 Å². The molecule has 0 aliphatic carbocycles. The fourth-order valence-corrected chi connectivity index (χ4v) is 1.51. The molecule has 0 aromatic carbocycles. The second-order valence-corrected chi connectivity index (χ2v) is 3.92. The van der Waals surface area contributed by atoms with Gasteiger partial charge in [0.25, 0.3) is 0 Å². The minimum Gasteiger partial charge on any atom is -0.313 e. The quantitative estimate of drug-likeness (QED) is 0.766. The van der Waals surface area contributed by atoms with Gasteiger partial charge in [0.2, 0.25) is 0 Å². The van der Waals surface area contributed by atoms with Gasteiger partial charge in [0.15, 0.2) is 0 Å². The summed E-state index contributed by atoms with van der Waals surface area (Å²) in [5, 5.41) is 7.48. The SMILES string of the molecule is CNC(CC(C)C)c1cnn(C)c1. The van der Waals surface area contributed by atoms with Gasteiger partial charge in [-0.25, -0.2) is 0 Å². The lowest BCUT2D eigenvalue weighted by Crippen LogP contribution is -2.17. The van der Waals surface area contributed by atoms with E-state index in [-0.39, 0.29) is 0 Å². The first-order valence-electron chi connectivity index (χ1n) is 4.79. The molecule has 0 aliphatic rings. The van der Waals surface area contributed by atoms with E-state index in [1.54, 1.807) is 0 Å². The molecule has 0 fully saturated rings. The predicted octanol–water partition coefficient (Wildman–Crippen LogP) is 1.73. The molecule has 0 amide bonds. The Labute approximate surface area is 80.1 Å². The van der Waals surface area contributed by atoms with Crippen LogP contribution < -0.4 is 5.32 Å². The summed E-state index contributed by atoms with van der Waals surface area (Å²) in [6.07, 6.45) is 5.16. The zero-order valence-corrected chi connectivity index (χ0v) is 8.91. The molecule has 0 aliphatic heterocycles. The summed E-state index contributed by atoms with van der Waals surface area (Å²) in [4.78, 5) is 0. The summed E-state index contributed by atoms with van der Waals surface area (Å²) in [5.74, 6) is 0.706. The van der Waals surface area contributed by atoms with Crippen LogP contribution in [-0.2, 0) is 7.05 Å². The fraction of sp³-hybridized carbons (Fsp3) is 0.700. The summed E-state index contributed by atoms with van der Waals surface area (Å²) in [6.45, 7) is 4.47. The Morgan fingerprint density at radius 2 is 2.23 bits per heavy atom. The minimum absolute atomic E-state index is 0.439. The van der Waals surface area contributed by atoms with Gasteiger partial charge in [0.05, 0.1) is 6.20 Å². The van der Waals surface area contributed by atoms with Crippen molar-refractivity contribution in [2.45, 2.75) is 26.3 Å². The standard InChI is InChI=1S/C10H19N3/c1-8(2)5-10(11-3)9-6-12-13(4)7-9/h6-8,10-11H,5H2,1-4H3. The molecule has 0 saturated heterocycles.